The minimum Gasteiger partial charge on any atom is -0.438 e. The summed E-state index contributed by atoms with van der Waals surface area (Å²) in [6, 6.07) is 19.2. The van der Waals surface area contributed by atoms with Crippen molar-refractivity contribution in [2.75, 3.05) is 6.54 Å². The molecule has 1 aliphatic heterocycles. The quantitative estimate of drug-likeness (QED) is 0.488. The Hall–Kier alpha value is -3.38. The van der Waals surface area contributed by atoms with Gasteiger partial charge >= 0.3 is 6.09 Å². The number of amides is 1. The average molecular weight is 489 g/mol. The second-order valence-electron chi connectivity index (χ2n) is 10.6. The molecule has 0 radical (unpaired) electrons. The third kappa shape index (κ3) is 4.96. The molecule has 1 aliphatic rings. The van der Waals surface area contributed by atoms with Crippen molar-refractivity contribution in [1.29, 1.82) is 0 Å². The highest BCUT2D eigenvalue weighted by Crippen LogP contribution is 2.42. The van der Waals surface area contributed by atoms with Crippen molar-refractivity contribution in [2.24, 2.45) is 7.05 Å². The van der Waals surface area contributed by atoms with Crippen LogP contribution in [0.25, 0.3) is 11.1 Å². The smallest absolute Gasteiger partial charge is 0.411 e. The summed E-state index contributed by atoms with van der Waals surface area (Å²) < 4.78 is 7.78. The van der Waals surface area contributed by atoms with Crippen LogP contribution in [0.1, 0.15) is 62.0 Å². The summed E-state index contributed by atoms with van der Waals surface area (Å²) in [7, 11) is 1.78. The molecule has 6 heteroatoms. The highest BCUT2D eigenvalue weighted by molar-refractivity contribution is 5.71. The van der Waals surface area contributed by atoms with Crippen LogP contribution in [0.3, 0.4) is 0 Å². The molecule has 0 spiro atoms. The van der Waals surface area contributed by atoms with Crippen LogP contribution in [0.15, 0.2) is 65.5 Å². The van der Waals surface area contributed by atoms with Crippen LogP contribution in [0.5, 0.6) is 0 Å². The number of hydrogen-bond donors (Lipinski definition) is 1. The van der Waals surface area contributed by atoms with Crippen molar-refractivity contribution in [1.82, 2.24) is 9.47 Å². The Balaban J connectivity index is 1.57. The maximum absolute atomic E-state index is 13.3. The van der Waals surface area contributed by atoms with Crippen molar-refractivity contribution in [3.63, 3.8) is 0 Å². The Morgan fingerprint density at radius 1 is 1.06 bits per heavy atom. The standard InChI is InChI=1S/C30H36N2O4/c1-20-21(2)31(6)27(33)18-26(20)24-14-12-23(13-15-24)22(3)32-17-16-30(36-28(32)34,19-29(4,5)35)25-10-8-7-9-11-25/h7-15,18,22,35H,16-17,19H2,1-6H3/t22-,30?/m0/s1. The van der Waals surface area contributed by atoms with Gasteiger partial charge in [0, 0.05) is 38.2 Å². The third-order valence-corrected chi connectivity index (χ3v) is 7.51. The van der Waals surface area contributed by atoms with Crippen LogP contribution in [0.4, 0.5) is 4.79 Å². The summed E-state index contributed by atoms with van der Waals surface area (Å²) >= 11 is 0. The normalized spacial score (nSPS) is 19.2. The number of benzene rings is 2. The maximum Gasteiger partial charge on any atom is 0.411 e. The van der Waals surface area contributed by atoms with E-state index in [0.717, 1.165) is 33.5 Å². The summed E-state index contributed by atoms with van der Waals surface area (Å²) in [5.41, 5.74) is 3.90. The lowest BCUT2D eigenvalue weighted by molar-refractivity contribution is -0.101. The Morgan fingerprint density at radius 2 is 1.69 bits per heavy atom. The average Bonchev–Trinajstić information content (AvgIpc) is 2.84. The molecule has 0 aliphatic carbocycles. The number of aliphatic hydroxyl groups is 1. The molecule has 3 aromatic rings. The minimum atomic E-state index is -0.991. The lowest BCUT2D eigenvalue weighted by Crippen LogP contribution is -2.51. The third-order valence-electron chi connectivity index (χ3n) is 7.51. The van der Waals surface area contributed by atoms with E-state index in [1.54, 1.807) is 36.4 Å². The van der Waals surface area contributed by atoms with E-state index in [-0.39, 0.29) is 17.7 Å². The number of aromatic nitrogens is 1. The lowest BCUT2D eigenvalue weighted by atomic mass is 9.80. The van der Waals surface area contributed by atoms with Gasteiger partial charge in [0.05, 0.1) is 11.6 Å². The monoisotopic (exact) mass is 488 g/mol. The van der Waals surface area contributed by atoms with Crippen molar-refractivity contribution < 1.29 is 14.6 Å². The molecule has 4 rings (SSSR count). The number of nitrogens with zero attached hydrogens (tertiary/aromatic N) is 2. The van der Waals surface area contributed by atoms with Crippen LogP contribution in [0.2, 0.25) is 0 Å². The van der Waals surface area contributed by atoms with E-state index in [1.165, 1.54) is 0 Å². The molecular weight excluding hydrogens is 452 g/mol. The molecular formula is C30H36N2O4. The Morgan fingerprint density at radius 3 is 2.28 bits per heavy atom. The van der Waals surface area contributed by atoms with Gasteiger partial charge in [-0.05, 0) is 62.4 Å². The van der Waals surface area contributed by atoms with Crippen LogP contribution in [-0.2, 0) is 17.4 Å². The summed E-state index contributed by atoms with van der Waals surface area (Å²) in [5, 5.41) is 10.6. The van der Waals surface area contributed by atoms with Gasteiger partial charge in [0.2, 0.25) is 0 Å². The molecule has 1 fully saturated rings. The summed E-state index contributed by atoms with van der Waals surface area (Å²) in [6.07, 6.45) is 0.520. The second-order valence-corrected chi connectivity index (χ2v) is 10.6. The molecule has 190 valence electrons. The van der Waals surface area contributed by atoms with Gasteiger partial charge in [0.25, 0.3) is 5.56 Å². The SMILES string of the molecule is Cc1c(-c2ccc([C@H](C)N3CCC(CC(C)(C)O)(c4ccccc4)OC3=O)cc2)cc(=O)n(C)c1C. The number of carbonyl (C=O) groups excluding carboxylic acids is 1. The maximum atomic E-state index is 13.3. The Kier molecular flexibility index (Phi) is 6.84. The van der Waals surface area contributed by atoms with E-state index in [1.807, 2.05) is 75.4 Å². The van der Waals surface area contributed by atoms with E-state index in [2.05, 4.69) is 0 Å². The number of hydrogen-bond acceptors (Lipinski definition) is 4. The fraction of sp³-hybridized carbons (Fsp3) is 0.400. The van der Waals surface area contributed by atoms with Gasteiger partial charge in [-0.1, -0.05) is 54.6 Å². The van der Waals surface area contributed by atoms with Crippen LogP contribution >= 0.6 is 0 Å². The molecule has 1 saturated heterocycles. The molecule has 1 N–H and O–H groups in total. The van der Waals surface area contributed by atoms with Crippen molar-refractivity contribution in [2.45, 2.75) is 64.7 Å². The predicted octanol–water partition coefficient (Wildman–Crippen LogP) is 5.63. The molecule has 36 heavy (non-hydrogen) atoms. The lowest BCUT2D eigenvalue weighted by Gasteiger charge is -2.45. The number of pyridine rings is 1. The fourth-order valence-electron chi connectivity index (χ4n) is 5.25. The van der Waals surface area contributed by atoms with Crippen LogP contribution < -0.4 is 5.56 Å². The zero-order valence-electron chi connectivity index (χ0n) is 22.0. The van der Waals surface area contributed by atoms with Crippen LogP contribution in [-0.4, -0.2) is 32.8 Å². The molecule has 1 unspecified atom stereocenters. The largest absolute Gasteiger partial charge is 0.438 e. The van der Waals surface area contributed by atoms with E-state index in [9.17, 15) is 14.7 Å². The molecule has 1 aromatic heterocycles. The Labute approximate surface area is 213 Å². The highest BCUT2D eigenvalue weighted by Gasteiger charge is 2.46. The number of rotatable bonds is 6. The summed E-state index contributed by atoms with van der Waals surface area (Å²) in [5.74, 6) is 0. The molecule has 6 nitrogen and oxygen atoms in total. The molecule has 1 amide bonds. The Bertz CT molecular complexity index is 1310. The zero-order chi connectivity index (χ0) is 26.3. The van der Waals surface area contributed by atoms with Crippen molar-refractivity contribution >= 4 is 6.09 Å². The number of ether oxygens (including phenoxy) is 1. The van der Waals surface area contributed by atoms with Crippen LogP contribution in [0, 0.1) is 13.8 Å². The van der Waals surface area contributed by atoms with E-state index in [0.29, 0.717) is 19.4 Å². The predicted molar refractivity (Wildman–Crippen MR) is 142 cm³/mol. The van der Waals surface area contributed by atoms with E-state index in [4.69, 9.17) is 4.74 Å². The first-order chi connectivity index (χ1) is 16.9. The van der Waals surface area contributed by atoms with Gasteiger partial charge in [-0.15, -0.1) is 0 Å². The van der Waals surface area contributed by atoms with Crippen molar-refractivity contribution in [3.05, 3.63) is 93.4 Å². The van der Waals surface area contributed by atoms with Gasteiger partial charge in [0.1, 0.15) is 5.60 Å². The van der Waals surface area contributed by atoms with Gasteiger partial charge in [-0.2, -0.15) is 0 Å². The van der Waals surface area contributed by atoms with Gasteiger partial charge in [0.15, 0.2) is 0 Å². The van der Waals surface area contributed by atoms with Crippen molar-refractivity contribution in [3.8, 4) is 11.1 Å². The summed E-state index contributed by atoms with van der Waals surface area (Å²) in [6.45, 7) is 9.97. The first kappa shape index (κ1) is 25.7. The van der Waals surface area contributed by atoms with E-state index < -0.39 is 11.2 Å². The number of carbonyl (C=O) groups is 1. The molecule has 0 bridgehead atoms. The fourth-order valence-corrected chi connectivity index (χ4v) is 5.25. The van der Waals surface area contributed by atoms with Gasteiger partial charge < -0.3 is 19.3 Å². The zero-order valence-corrected chi connectivity index (χ0v) is 22.0. The molecule has 2 heterocycles. The topological polar surface area (TPSA) is 71.8 Å². The molecule has 2 atom stereocenters. The second kappa shape index (κ2) is 9.58. The number of cyclic esters (lactones) is 1. The van der Waals surface area contributed by atoms with Gasteiger partial charge in [-0.25, -0.2) is 4.79 Å². The first-order valence-corrected chi connectivity index (χ1v) is 12.5. The van der Waals surface area contributed by atoms with Gasteiger partial charge in [-0.3, -0.25) is 4.79 Å². The summed E-state index contributed by atoms with van der Waals surface area (Å²) in [4.78, 5) is 27.4. The van der Waals surface area contributed by atoms with E-state index >= 15 is 0 Å². The highest BCUT2D eigenvalue weighted by atomic mass is 16.6. The molecule has 2 aromatic carbocycles. The molecule has 0 saturated carbocycles. The first-order valence-electron chi connectivity index (χ1n) is 12.5. The minimum absolute atomic E-state index is 0.0328.